The number of rotatable bonds is 6. The minimum absolute atomic E-state index is 0.359. The Labute approximate surface area is 92.5 Å². The van der Waals surface area contributed by atoms with E-state index in [1.807, 2.05) is 0 Å². The van der Waals surface area contributed by atoms with Gasteiger partial charge in [0.1, 0.15) is 0 Å². The first kappa shape index (κ1) is 14.2. The summed E-state index contributed by atoms with van der Waals surface area (Å²) in [4.78, 5) is 10.1. The van der Waals surface area contributed by atoms with E-state index in [9.17, 15) is 4.79 Å². The van der Waals surface area contributed by atoms with Crippen molar-refractivity contribution in [1.82, 2.24) is 0 Å². The van der Waals surface area contributed by atoms with E-state index in [0.717, 1.165) is 12.7 Å². The predicted molar refractivity (Wildman–Crippen MR) is 60.7 cm³/mol. The molecule has 3 heteroatoms. The molecule has 0 aliphatic carbocycles. The number of ether oxygens (including phenoxy) is 2. The third-order valence-electron chi connectivity index (χ3n) is 1.99. The van der Waals surface area contributed by atoms with Crippen molar-refractivity contribution in [3.8, 4) is 0 Å². The Kier molecular flexibility index (Phi) is 9.18. The molecule has 0 N–H and O–H groups in total. The van der Waals surface area contributed by atoms with Gasteiger partial charge in [-0.05, 0) is 13.3 Å². The van der Waals surface area contributed by atoms with Crippen LogP contribution in [0.1, 0.15) is 39.5 Å². The van der Waals surface area contributed by atoms with Crippen LogP contribution in [-0.2, 0) is 14.3 Å². The molecule has 0 spiro atoms. The molecule has 0 aromatic rings. The van der Waals surface area contributed by atoms with Crippen molar-refractivity contribution >= 4 is 5.97 Å². The highest BCUT2D eigenvalue weighted by atomic mass is 16.6. The molecule has 1 atom stereocenters. The Morgan fingerprint density at radius 2 is 2.20 bits per heavy atom. The third-order valence-corrected chi connectivity index (χ3v) is 1.99. The predicted octanol–water partition coefficient (Wildman–Crippen LogP) is 2.70. The lowest BCUT2D eigenvalue weighted by molar-refractivity contribution is -0.137. The normalized spacial score (nSPS) is 17.3. The molecule has 1 aliphatic rings. The summed E-state index contributed by atoms with van der Waals surface area (Å²) in [5, 5.41) is 0. The van der Waals surface area contributed by atoms with Gasteiger partial charge in [0.05, 0.1) is 19.3 Å². The number of carbonyl (C=O) groups excluding carboxylic acids is 1. The largest absolute Gasteiger partial charge is 0.463 e. The highest BCUT2D eigenvalue weighted by Crippen LogP contribution is 2.16. The topological polar surface area (TPSA) is 38.8 Å². The van der Waals surface area contributed by atoms with Crippen molar-refractivity contribution in [3.63, 3.8) is 0 Å². The maximum Gasteiger partial charge on any atom is 0.330 e. The van der Waals surface area contributed by atoms with Crippen molar-refractivity contribution in [2.24, 2.45) is 0 Å². The van der Waals surface area contributed by atoms with E-state index in [-0.39, 0.29) is 5.97 Å². The van der Waals surface area contributed by atoms with Crippen LogP contribution >= 0.6 is 0 Å². The molecule has 1 aliphatic heterocycles. The van der Waals surface area contributed by atoms with Gasteiger partial charge in [0.25, 0.3) is 0 Å². The Bertz CT molecular complexity index is 174. The van der Waals surface area contributed by atoms with Gasteiger partial charge in [-0.3, -0.25) is 0 Å². The second-order valence-corrected chi connectivity index (χ2v) is 3.41. The quantitative estimate of drug-likeness (QED) is 0.295. The molecule has 0 aromatic heterocycles. The fraction of sp³-hybridized carbons (Fsp3) is 0.750. The highest BCUT2D eigenvalue weighted by Gasteiger charge is 2.20. The van der Waals surface area contributed by atoms with Gasteiger partial charge in [0, 0.05) is 6.08 Å². The van der Waals surface area contributed by atoms with Gasteiger partial charge in [0.2, 0.25) is 0 Å². The zero-order valence-electron chi connectivity index (χ0n) is 9.83. The second kappa shape index (κ2) is 9.71. The Morgan fingerprint density at radius 3 is 2.53 bits per heavy atom. The Balaban J connectivity index is 0.000000265. The van der Waals surface area contributed by atoms with E-state index in [1.54, 1.807) is 6.92 Å². The maximum atomic E-state index is 10.1. The van der Waals surface area contributed by atoms with Crippen LogP contribution in [0.5, 0.6) is 0 Å². The monoisotopic (exact) mass is 214 g/mol. The van der Waals surface area contributed by atoms with Gasteiger partial charge in [-0.2, -0.15) is 0 Å². The van der Waals surface area contributed by atoms with E-state index >= 15 is 0 Å². The van der Waals surface area contributed by atoms with Gasteiger partial charge in [-0.15, -0.1) is 0 Å². The third kappa shape index (κ3) is 11.1. The summed E-state index contributed by atoms with van der Waals surface area (Å²) in [6, 6.07) is 0. The van der Waals surface area contributed by atoms with Crippen LogP contribution < -0.4 is 0 Å². The Morgan fingerprint density at radius 1 is 1.53 bits per heavy atom. The summed E-state index contributed by atoms with van der Waals surface area (Å²) < 4.78 is 9.49. The summed E-state index contributed by atoms with van der Waals surface area (Å²) in [5.74, 6) is -0.359. The molecule has 0 amide bonds. The molecule has 0 radical (unpaired) electrons. The van der Waals surface area contributed by atoms with Crippen LogP contribution in [0.4, 0.5) is 0 Å². The van der Waals surface area contributed by atoms with Gasteiger partial charge >= 0.3 is 5.97 Å². The van der Waals surface area contributed by atoms with E-state index in [2.05, 4.69) is 18.2 Å². The summed E-state index contributed by atoms with van der Waals surface area (Å²) in [5.41, 5.74) is 0. The molecule has 0 aromatic carbocycles. The molecule has 1 saturated heterocycles. The smallest absolute Gasteiger partial charge is 0.330 e. The molecule has 88 valence electrons. The molecular formula is C12H22O3. The second-order valence-electron chi connectivity index (χ2n) is 3.41. The summed E-state index contributed by atoms with van der Waals surface area (Å²) in [6.45, 7) is 8.64. The fourth-order valence-electron chi connectivity index (χ4n) is 1.06. The fourth-order valence-corrected chi connectivity index (χ4v) is 1.06. The summed E-state index contributed by atoms with van der Waals surface area (Å²) in [7, 11) is 0. The van der Waals surface area contributed by atoms with Crippen molar-refractivity contribution in [2.75, 3.05) is 13.2 Å². The lowest BCUT2D eigenvalue weighted by atomic mass is 10.2. The van der Waals surface area contributed by atoms with Crippen molar-refractivity contribution in [2.45, 2.75) is 45.6 Å². The van der Waals surface area contributed by atoms with E-state index in [0.29, 0.717) is 12.7 Å². The number of unbranched alkanes of at least 4 members (excludes halogenated alkanes) is 2. The molecule has 1 fully saturated rings. The average Bonchev–Trinajstić information content (AvgIpc) is 3.03. The molecule has 0 bridgehead atoms. The minimum atomic E-state index is -0.359. The summed E-state index contributed by atoms with van der Waals surface area (Å²) >= 11 is 0. The van der Waals surface area contributed by atoms with Gasteiger partial charge in [0.15, 0.2) is 0 Å². The Hall–Kier alpha value is -0.830. The molecule has 1 unspecified atom stereocenters. The van der Waals surface area contributed by atoms with Crippen LogP contribution in [0.3, 0.4) is 0 Å². The van der Waals surface area contributed by atoms with Crippen LogP contribution in [-0.4, -0.2) is 25.3 Å². The zero-order valence-corrected chi connectivity index (χ0v) is 9.83. The number of esters is 1. The number of hydrogen-bond donors (Lipinski definition) is 0. The maximum absolute atomic E-state index is 10.1. The molecule has 0 saturated carbocycles. The van der Waals surface area contributed by atoms with Crippen LogP contribution in [0.15, 0.2) is 12.7 Å². The van der Waals surface area contributed by atoms with Crippen molar-refractivity contribution < 1.29 is 14.3 Å². The molecular weight excluding hydrogens is 192 g/mol. The van der Waals surface area contributed by atoms with Gasteiger partial charge in [-0.1, -0.05) is 32.8 Å². The molecule has 3 nitrogen and oxygen atoms in total. The van der Waals surface area contributed by atoms with Crippen LogP contribution in [0.2, 0.25) is 0 Å². The van der Waals surface area contributed by atoms with E-state index < -0.39 is 0 Å². The minimum Gasteiger partial charge on any atom is -0.463 e. The number of hydrogen-bond acceptors (Lipinski definition) is 3. The summed E-state index contributed by atoms with van der Waals surface area (Å²) in [6.07, 6.45) is 7.16. The van der Waals surface area contributed by atoms with Gasteiger partial charge in [-0.25, -0.2) is 4.79 Å². The van der Waals surface area contributed by atoms with Crippen molar-refractivity contribution in [1.29, 1.82) is 0 Å². The zero-order chi connectivity index (χ0) is 11.5. The average molecular weight is 214 g/mol. The van der Waals surface area contributed by atoms with Crippen LogP contribution in [0, 0.1) is 0 Å². The number of carbonyl (C=O) groups is 1. The first-order valence-electron chi connectivity index (χ1n) is 5.65. The standard InChI is InChI=1S/C7H14O.C5H8O2/c1-2-3-4-5-7-6-8-7;1-3-5(6)7-4-2/h7H,2-6H2,1H3;3H,1,4H2,2H3. The molecule has 1 heterocycles. The van der Waals surface area contributed by atoms with Crippen molar-refractivity contribution in [3.05, 3.63) is 12.7 Å². The molecule has 1 rings (SSSR count). The van der Waals surface area contributed by atoms with E-state index in [4.69, 9.17) is 4.74 Å². The van der Waals surface area contributed by atoms with Gasteiger partial charge < -0.3 is 9.47 Å². The molecule has 15 heavy (non-hydrogen) atoms. The lowest BCUT2D eigenvalue weighted by Crippen LogP contribution is -1.97. The first-order chi connectivity index (χ1) is 7.24. The number of epoxide rings is 1. The van der Waals surface area contributed by atoms with E-state index in [1.165, 1.54) is 25.7 Å². The van der Waals surface area contributed by atoms with Crippen LogP contribution in [0.25, 0.3) is 0 Å². The first-order valence-corrected chi connectivity index (χ1v) is 5.65. The SMILES string of the molecule is C=CC(=O)OCC.CCCCCC1CO1. The lowest BCUT2D eigenvalue weighted by Gasteiger charge is -1.90. The highest BCUT2D eigenvalue weighted by molar-refractivity contribution is 5.81.